The van der Waals surface area contributed by atoms with Crippen molar-refractivity contribution in [2.75, 3.05) is 39.3 Å². The van der Waals surface area contributed by atoms with Crippen LogP contribution < -0.4 is 0 Å². The van der Waals surface area contributed by atoms with Gasteiger partial charge in [-0.3, -0.25) is 4.90 Å². The van der Waals surface area contributed by atoms with Gasteiger partial charge in [0.2, 0.25) is 0 Å². The molecular weight excluding hydrogens is 396 g/mol. The summed E-state index contributed by atoms with van der Waals surface area (Å²) in [5.74, 6) is -0.270. The highest BCUT2D eigenvalue weighted by Gasteiger charge is 2.27. The third-order valence-corrected chi connectivity index (χ3v) is 6.50. The van der Waals surface area contributed by atoms with E-state index in [1.165, 1.54) is 5.56 Å². The van der Waals surface area contributed by atoms with E-state index in [4.69, 9.17) is 9.37 Å². The van der Waals surface area contributed by atoms with Crippen molar-refractivity contribution < 1.29 is 19.3 Å². The molecule has 31 heavy (non-hydrogen) atoms. The van der Waals surface area contributed by atoms with Gasteiger partial charge in [0.1, 0.15) is 17.6 Å². The number of rotatable bonds is 6. The maximum Gasteiger partial charge on any atom is 0.338 e. The third-order valence-electron chi connectivity index (χ3n) is 6.50. The molecule has 0 unspecified atom stereocenters. The van der Waals surface area contributed by atoms with E-state index < -0.39 is 6.10 Å². The van der Waals surface area contributed by atoms with Crippen molar-refractivity contribution in [1.82, 2.24) is 20.1 Å². The summed E-state index contributed by atoms with van der Waals surface area (Å²) in [5, 5.41) is 18.6. The van der Waals surface area contributed by atoms with Gasteiger partial charge in [-0.15, -0.1) is 0 Å². The molecule has 0 saturated carbocycles. The highest BCUT2D eigenvalue weighted by atomic mass is 16.6. The minimum absolute atomic E-state index is 0.270. The fourth-order valence-corrected chi connectivity index (χ4v) is 4.54. The Morgan fingerprint density at radius 2 is 1.84 bits per heavy atom. The number of esters is 1. The van der Waals surface area contributed by atoms with E-state index in [-0.39, 0.29) is 5.97 Å². The van der Waals surface area contributed by atoms with Gasteiger partial charge < -0.3 is 14.7 Å². The number of β-amino-alcohol motifs (C(OH)–C–C–N with tert-alkyl or cyclic N) is 1. The molecule has 0 bridgehead atoms. The smallest absolute Gasteiger partial charge is 0.338 e. The van der Waals surface area contributed by atoms with E-state index in [1.54, 1.807) is 6.07 Å². The molecule has 0 aliphatic carbocycles. The van der Waals surface area contributed by atoms with Gasteiger partial charge >= 0.3 is 5.97 Å². The van der Waals surface area contributed by atoms with E-state index in [0.717, 1.165) is 66.9 Å². The number of fused-ring (bicyclic) bond motifs is 2. The molecule has 2 aliphatic heterocycles. The van der Waals surface area contributed by atoms with Crippen LogP contribution in [0.25, 0.3) is 11.0 Å². The molecule has 0 amide bonds. The third kappa shape index (κ3) is 4.06. The number of aliphatic hydroxyl groups is 1. The number of aromatic nitrogens is 2. The highest BCUT2D eigenvalue weighted by molar-refractivity contribution is 5.93. The van der Waals surface area contributed by atoms with Crippen molar-refractivity contribution in [3.8, 4) is 0 Å². The van der Waals surface area contributed by atoms with Gasteiger partial charge in [0.25, 0.3) is 0 Å². The number of ether oxygens (including phenoxy) is 1. The Morgan fingerprint density at radius 1 is 1.06 bits per heavy atom. The van der Waals surface area contributed by atoms with Crippen molar-refractivity contribution in [2.24, 2.45) is 0 Å². The van der Waals surface area contributed by atoms with E-state index in [2.05, 4.69) is 26.2 Å². The van der Waals surface area contributed by atoms with Crippen LogP contribution >= 0.6 is 0 Å². The second-order valence-corrected chi connectivity index (χ2v) is 8.38. The zero-order valence-electron chi connectivity index (χ0n) is 17.6. The molecule has 0 spiro atoms. The molecule has 0 radical (unpaired) electrons. The average molecular weight is 422 g/mol. The SMILES string of the molecule is Cc1c([C@@H](O)CN2CCN(CCc3ccc4nonc4c3)CC2)ccc2c1COC2=O. The van der Waals surface area contributed by atoms with Crippen LogP contribution in [0.5, 0.6) is 0 Å². The fraction of sp³-hybridized carbons (Fsp3) is 0.435. The standard InChI is InChI=1S/C23H26N4O4/c1-15-17(3-4-18-19(15)14-30-23(18)29)22(28)13-27-10-8-26(9-11-27)7-6-16-2-5-20-21(12-16)25-31-24-20/h2-5,12,22,28H,6-11,13-14H2,1H3/t22-/m0/s1. The molecular formula is C23H26N4O4. The van der Waals surface area contributed by atoms with Gasteiger partial charge in [-0.05, 0) is 58.5 Å². The maximum absolute atomic E-state index is 11.7. The van der Waals surface area contributed by atoms with Crippen molar-refractivity contribution in [3.63, 3.8) is 0 Å². The van der Waals surface area contributed by atoms with Gasteiger partial charge in [-0.2, -0.15) is 0 Å². The number of nitrogens with zero attached hydrogens (tertiary/aromatic N) is 4. The van der Waals surface area contributed by atoms with E-state index in [1.807, 2.05) is 25.1 Å². The van der Waals surface area contributed by atoms with Crippen LogP contribution in [-0.2, 0) is 17.8 Å². The zero-order chi connectivity index (χ0) is 21.4. The highest BCUT2D eigenvalue weighted by Crippen LogP contribution is 2.29. The Morgan fingerprint density at radius 3 is 2.68 bits per heavy atom. The molecule has 1 saturated heterocycles. The molecule has 5 rings (SSSR count). The Bertz CT molecular complexity index is 1100. The first-order valence-electron chi connectivity index (χ1n) is 10.7. The first-order valence-corrected chi connectivity index (χ1v) is 10.7. The van der Waals surface area contributed by atoms with Crippen LogP contribution in [0.3, 0.4) is 0 Å². The van der Waals surface area contributed by atoms with Gasteiger partial charge in [0, 0.05) is 44.8 Å². The monoisotopic (exact) mass is 422 g/mol. The summed E-state index contributed by atoms with van der Waals surface area (Å²) < 4.78 is 9.89. The van der Waals surface area contributed by atoms with Crippen molar-refractivity contribution >= 4 is 17.0 Å². The fourth-order valence-electron chi connectivity index (χ4n) is 4.54. The summed E-state index contributed by atoms with van der Waals surface area (Å²) in [4.78, 5) is 16.5. The van der Waals surface area contributed by atoms with Crippen molar-refractivity contribution in [2.45, 2.75) is 26.1 Å². The van der Waals surface area contributed by atoms with Crippen LogP contribution in [-0.4, -0.2) is 70.5 Å². The topological polar surface area (TPSA) is 91.9 Å². The minimum atomic E-state index is -0.574. The molecule has 8 heteroatoms. The second-order valence-electron chi connectivity index (χ2n) is 8.38. The lowest BCUT2D eigenvalue weighted by atomic mass is 9.95. The minimum Gasteiger partial charge on any atom is -0.457 e. The lowest BCUT2D eigenvalue weighted by Gasteiger charge is -2.35. The molecule has 2 aliphatic rings. The van der Waals surface area contributed by atoms with Gasteiger partial charge in [-0.25, -0.2) is 9.42 Å². The summed E-state index contributed by atoms with van der Waals surface area (Å²) >= 11 is 0. The quantitative estimate of drug-likeness (QED) is 0.604. The molecule has 3 aromatic rings. The number of carbonyl (C=O) groups is 1. The zero-order valence-corrected chi connectivity index (χ0v) is 17.6. The first kappa shape index (κ1) is 20.1. The van der Waals surface area contributed by atoms with E-state index >= 15 is 0 Å². The number of carbonyl (C=O) groups excluding carboxylic acids is 1. The summed E-state index contributed by atoms with van der Waals surface area (Å²) in [6.45, 7) is 7.66. The summed E-state index contributed by atoms with van der Waals surface area (Å²) in [7, 11) is 0. The summed E-state index contributed by atoms with van der Waals surface area (Å²) in [5.41, 5.74) is 6.20. The Labute approximate surface area is 180 Å². The molecule has 1 fully saturated rings. The predicted octanol–water partition coefficient (Wildman–Crippen LogP) is 2.10. The normalized spacial score (nSPS) is 18.3. The molecule has 1 N–H and O–H groups in total. The lowest BCUT2D eigenvalue weighted by Crippen LogP contribution is -2.48. The van der Waals surface area contributed by atoms with Gasteiger partial charge in [0.05, 0.1) is 11.7 Å². The second kappa shape index (κ2) is 8.37. The molecule has 8 nitrogen and oxygen atoms in total. The number of benzene rings is 2. The number of hydrogen-bond acceptors (Lipinski definition) is 8. The van der Waals surface area contributed by atoms with Crippen LogP contribution in [0.2, 0.25) is 0 Å². The van der Waals surface area contributed by atoms with Crippen LogP contribution in [0.4, 0.5) is 0 Å². The molecule has 2 aromatic carbocycles. The Hall–Kier alpha value is -2.81. The maximum atomic E-state index is 11.7. The van der Waals surface area contributed by atoms with Crippen LogP contribution in [0.1, 0.15) is 38.7 Å². The molecule has 162 valence electrons. The number of aliphatic hydroxyl groups excluding tert-OH is 1. The van der Waals surface area contributed by atoms with Crippen molar-refractivity contribution in [1.29, 1.82) is 0 Å². The number of piperazine rings is 1. The van der Waals surface area contributed by atoms with E-state index in [9.17, 15) is 9.90 Å². The largest absolute Gasteiger partial charge is 0.457 e. The lowest BCUT2D eigenvalue weighted by molar-refractivity contribution is 0.0535. The first-order chi connectivity index (χ1) is 15.1. The van der Waals surface area contributed by atoms with Crippen LogP contribution in [0, 0.1) is 6.92 Å². The molecule has 1 atom stereocenters. The van der Waals surface area contributed by atoms with Gasteiger partial charge in [0.15, 0.2) is 0 Å². The number of hydrogen-bond donors (Lipinski definition) is 1. The number of cyclic esters (lactones) is 1. The Balaban J connectivity index is 1.13. The van der Waals surface area contributed by atoms with Crippen LogP contribution in [0.15, 0.2) is 35.0 Å². The summed E-state index contributed by atoms with van der Waals surface area (Å²) in [6, 6.07) is 9.71. The average Bonchev–Trinajstić information content (AvgIpc) is 3.40. The molecule has 3 heterocycles. The Kier molecular flexibility index (Phi) is 5.43. The summed E-state index contributed by atoms with van der Waals surface area (Å²) in [6.07, 6.45) is 0.385. The van der Waals surface area contributed by atoms with E-state index in [0.29, 0.717) is 18.7 Å². The molecule has 1 aromatic heterocycles. The van der Waals surface area contributed by atoms with Crippen molar-refractivity contribution in [3.05, 3.63) is 58.1 Å². The van der Waals surface area contributed by atoms with Gasteiger partial charge in [-0.1, -0.05) is 12.1 Å². The predicted molar refractivity (Wildman–Crippen MR) is 114 cm³/mol.